The number of urea groups is 1. The number of alkyl halides is 3. The smallest absolute Gasteiger partial charge is 0.308 e. The number of amides is 2. The van der Waals surface area contributed by atoms with Crippen LogP contribution < -0.4 is 10.6 Å². The van der Waals surface area contributed by atoms with Crippen LogP contribution in [0.4, 0.5) is 33.7 Å². The molecule has 0 unspecified atom stereocenters. The van der Waals surface area contributed by atoms with Gasteiger partial charge in [0, 0.05) is 30.9 Å². The average Bonchev–Trinajstić information content (AvgIpc) is 3.31. The molecule has 1 fully saturated rings. The number of piperidine rings is 1. The van der Waals surface area contributed by atoms with E-state index in [0.717, 1.165) is 15.4 Å². The molecule has 0 bridgehead atoms. The van der Waals surface area contributed by atoms with Gasteiger partial charge in [-0.1, -0.05) is 24.3 Å². The predicted molar refractivity (Wildman–Crippen MR) is 125 cm³/mol. The van der Waals surface area contributed by atoms with Crippen molar-refractivity contribution in [1.29, 1.82) is 0 Å². The minimum absolute atomic E-state index is 0.0562. The Morgan fingerprint density at radius 3 is 2.31 bits per heavy atom. The summed E-state index contributed by atoms with van der Waals surface area (Å²) in [7, 11) is -5.31. The summed E-state index contributed by atoms with van der Waals surface area (Å²) in [6.45, 7) is -0.423. The van der Waals surface area contributed by atoms with Crippen LogP contribution in [0.3, 0.4) is 0 Å². The number of halogens is 4. The number of thiazole rings is 1. The zero-order valence-corrected chi connectivity index (χ0v) is 19.7. The maximum atomic E-state index is 13.7. The SMILES string of the molecule is O=C(Nc1ccc(-c2cnc(C3CCN(S(=O)(=O)C(F)(F)F)CC3)s2)cc1)Nc1ccccc1F. The van der Waals surface area contributed by atoms with Gasteiger partial charge in [0.15, 0.2) is 0 Å². The molecule has 1 aliphatic rings. The van der Waals surface area contributed by atoms with Crippen LogP contribution in [0.25, 0.3) is 10.4 Å². The molecule has 7 nitrogen and oxygen atoms in total. The summed E-state index contributed by atoms with van der Waals surface area (Å²) in [5.41, 5.74) is -3.93. The number of anilines is 2. The molecule has 35 heavy (non-hydrogen) atoms. The number of aromatic nitrogens is 1. The van der Waals surface area contributed by atoms with Gasteiger partial charge in [0.05, 0.1) is 15.6 Å². The molecule has 13 heteroatoms. The number of benzene rings is 2. The first kappa shape index (κ1) is 25.1. The minimum atomic E-state index is -5.31. The Kier molecular flexibility index (Phi) is 7.10. The second-order valence-electron chi connectivity index (χ2n) is 7.82. The summed E-state index contributed by atoms with van der Waals surface area (Å²) < 4.78 is 75.6. The normalized spacial score (nSPS) is 15.7. The molecule has 2 heterocycles. The summed E-state index contributed by atoms with van der Waals surface area (Å²) in [5, 5.41) is 5.78. The molecule has 0 radical (unpaired) electrons. The Morgan fingerprint density at radius 1 is 1.03 bits per heavy atom. The van der Waals surface area contributed by atoms with Gasteiger partial charge in [-0.2, -0.15) is 17.5 Å². The predicted octanol–water partition coefficient (Wildman–Crippen LogP) is 5.62. The van der Waals surface area contributed by atoms with E-state index in [1.165, 1.54) is 29.5 Å². The van der Waals surface area contributed by atoms with Crippen molar-refractivity contribution in [3.05, 3.63) is 65.6 Å². The third kappa shape index (κ3) is 5.63. The standard InChI is InChI=1S/C22H20F4N4O3S2/c23-17-3-1-2-4-18(17)29-21(31)28-16-7-5-14(6-8-16)19-13-27-20(34-19)15-9-11-30(12-10-15)35(32,33)22(24,25)26/h1-8,13,15H,9-12H2,(H2,28,29,31). The molecule has 0 saturated carbocycles. The number of para-hydroxylation sites is 1. The molecule has 3 aromatic rings. The topological polar surface area (TPSA) is 91.4 Å². The van der Waals surface area contributed by atoms with E-state index in [9.17, 15) is 30.8 Å². The molecule has 2 amide bonds. The van der Waals surface area contributed by atoms with Crippen molar-refractivity contribution in [1.82, 2.24) is 9.29 Å². The van der Waals surface area contributed by atoms with Crippen LogP contribution in [0, 0.1) is 5.82 Å². The van der Waals surface area contributed by atoms with Gasteiger partial charge in [-0.3, -0.25) is 0 Å². The molecule has 2 aromatic carbocycles. The van der Waals surface area contributed by atoms with Crippen LogP contribution in [-0.2, 0) is 10.0 Å². The van der Waals surface area contributed by atoms with Gasteiger partial charge in [-0.25, -0.2) is 22.6 Å². The van der Waals surface area contributed by atoms with Crippen LogP contribution in [-0.4, -0.2) is 42.3 Å². The third-order valence-corrected chi connectivity index (χ3v) is 8.35. The van der Waals surface area contributed by atoms with Gasteiger partial charge < -0.3 is 10.6 Å². The Balaban J connectivity index is 1.35. The number of carbonyl (C=O) groups is 1. The number of nitrogens with one attached hydrogen (secondary N) is 2. The Morgan fingerprint density at radius 2 is 1.69 bits per heavy atom. The van der Waals surface area contributed by atoms with Crippen molar-refractivity contribution in [2.24, 2.45) is 0 Å². The van der Waals surface area contributed by atoms with E-state index in [1.807, 2.05) is 0 Å². The maximum absolute atomic E-state index is 13.7. The zero-order valence-electron chi connectivity index (χ0n) is 18.0. The summed E-state index contributed by atoms with van der Waals surface area (Å²) in [5.74, 6) is -0.678. The lowest BCUT2D eigenvalue weighted by atomic mass is 9.99. The highest BCUT2D eigenvalue weighted by molar-refractivity contribution is 7.90. The molecule has 2 N–H and O–H groups in total. The third-order valence-electron chi connectivity index (χ3n) is 5.51. The molecule has 1 saturated heterocycles. The first-order valence-corrected chi connectivity index (χ1v) is 12.8. The fraction of sp³-hybridized carbons (Fsp3) is 0.273. The summed E-state index contributed by atoms with van der Waals surface area (Å²) in [6.07, 6.45) is 2.16. The van der Waals surface area contributed by atoms with E-state index in [2.05, 4.69) is 15.6 Å². The van der Waals surface area contributed by atoms with Crippen molar-refractivity contribution in [2.45, 2.75) is 24.3 Å². The lowest BCUT2D eigenvalue weighted by Gasteiger charge is -2.30. The monoisotopic (exact) mass is 528 g/mol. The summed E-state index contributed by atoms with van der Waals surface area (Å²) in [6, 6.07) is 12.1. The Labute approximate surface area is 202 Å². The van der Waals surface area contributed by atoms with E-state index in [1.54, 1.807) is 36.5 Å². The van der Waals surface area contributed by atoms with Gasteiger partial charge in [0.25, 0.3) is 0 Å². The average molecular weight is 529 g/mol. The van der Waals surface area contributed by atoms with E-state index in [-0.39, 0.29) is 37.5 Å². The number of carbonyl (C=O) groups excluding carboxylic acids is 1. The highest BCUT2D eigenvalue weighted by Crippen LogP contribution is 2.37. The molecule has 0 spiro atoms. The maximum Gasteiger partial charge on any atom is 0.511 e. The number of sulfonamides is 1. The quantitative estimate of drug-likeness (QED) is 0.421. The fourth-order valence-corrected chi connectivity index (χ4v) is 5.74. The van der Waals surface area contributed by atoms with Crippen LogP contribution in [0.2, 0.25) is 0 Å². The molecular weight excluding hydrogens is 508 g/mol. The molecule has 1 aromatic heterocycles. The molecule has 4 rings (SSSR count). The van der Waals surface area contributed by atoms with Gasteiger partial charge in [-0.15, -0.1) is 11.3 Å². The van der Waals surface area contributed by atoms with E-state index < -0.39 is 27.4 Å². The van der Waals surface area contributed by atoms with Crippen molar-refractivity contribution in [3.8, 4) is 10.4 Å². The van der Waals surface area contributed by atoms with E-state index in [0.29, 0.717) is 9.99 Å². The first-order valence-electron chi connectivity index (χ1n) is 10.5. The number of nitrogens with zero attached hydrogens (tertiary/aromatic N) is 2. The summed E-state index contributed by atoms with van der Waals surface area (Å²) >= 11 is 1.39. The van der Waals surface area contributed by atoms with Crippen LogP contribution >= 0.6 is 11.3 Å². The van der Waals surface area contributed by atoms with Crippen molar-refractivity contribution in [2.75, 3.05) is 23.7 Å². The lowest BCUT2D eigenvalue weighted by Crippen LogP contribution is -2.44. The van der Waals surface area contributed by atoms with Gasteiger partial charge >= 0.3 is 21.6 Å². The van der Waals surface area contributed by atoms with Crippen molar-refractivity contribution >= 4 is 38.8 Å². The highest BCUT2D eigenvalue weighted by Gasteiger charge is 2.50. The first-order chi connectivity index (χ1) is 16.5. The number of rotatable bonds is 5. The number of hydrogen-bond acceptors (Lipinski definition) is 5. The molecule has 0 aliphatic carbocycles. The minimum Gasteiger partial charge on any atom is -0.308 e. The Hall–Kier alpha value is -3.03. The molecule has 1 aliphatic heterocycles. The Bertz CT molecular complexity index is 1300. The molecule has 186 valence electrons. The zero-order chi connectivity index (χ0) is 25.2. The van der Waals surface area contributed by atoms with Gasteiger partial charge in [-0.05, 0) is 42.7 Å². The van der Waals surface area contributed by atoms with Crippen molar-refractivity contribution < 1.29 is 30.8 Å². The van der Waals surface area contributed by atoms with Gasteiger partial charge in [0.1, 0.15) is 5.82 Å². The summed E-state index contributed by atoms with van der Waals surface area (Å²) in [4.78, 5) is 17.3. The van der Waals surface area contributed by atoms with Gasteiger partial charge in [0.2, 0.25) is 0 Å². The highest BCUT2D eigenvalue weighted by atomic mass is 32.2. The second-order valence-corrected chi connectivity index (χ2v) is 10.8. The lowest BCUT2D eigenvalue weighted by molar-refractivity contribution is -0.0494. The number of hydrogen-bond donors (Lipinski definition) is 2. The van der Waals surface area contributed by atoms with Crippen LogP contribution in [0.15, 0.2) is 54.7 Å². The second kappa shape index (κ2) is 9.91. The molecular formula is C22H20F4N4O3S2. The van der Waals surface area contributed by atoms with E-state index in [4.69, 9.17) is 0 Å². The largest absolute Gasteiger partial charge is 0.511 e. The van der Waals surface area contributed by atoms with Crippen LogP contribution in [0.5, 0.6) is 0 Å². The fourth-order valence-electron chi connectivity index (χ4n) is 3.66. The van der Waals surface area contributed by atoms with Crippen molar-refractivity contribution in [3.63, 3.8) is 0 Å². The molecule has 0 atom stereocenters. The van der Waals surface area contributed by atoms with Crippen LogP contribution in [0.1, 0.15) is 23.8 Å². The van der Waals surface area contributed by atoms with E-state index >= 15 is 0 Å².